The average molecular weight is 469 g/mol. The standard InChI is InChI=1S/C24H24N2O6S/c1-16-6-4-5-7-22(16)26-33(29,30)20-11-8-18(9-12-20)24(28)25-21-13-10-19(14-17(21)2)32-15-23(27)31-3/h4-14,26H,15H2,1-3H3,(H,25,28). The molecule has 172 valence electrons. The van der Waals surface area contributed by atoms with E-state index in [1.165, 1.54) is 31.4 Å². The van der Waals surface area contributed by atoms with Crippen LogP contribution >= 0.6 is 0 Å². The minimum atomic E-state index is -3.79. The van der Waals surface area contributed by atoms with Crippen molar-refractivity contribution in [3.05, 3.63) is 83.4 Å². The molecule has 0 saturated heterocycles. The predicted molar refractivity (Wildman–Crippen MR) is 125 cm³/mol. The molecule has 0 atom stereocenters. The number of methoxy groups -OCH3 is 1. The van der Waals surface area contributed by atoms with Gasteiger partial charge in [-0.3, -0.25) is 9.52 Å². The second-order valence-electron chi connectivity index (χ2n) is 7.24. The highest BCUT2D eigenvalue weighted by Crippen LogP contribution is 2.23. The van der Waals surface area contributed by atoms with Crippen molar-refractivity contribution in [2.24, 2.45) is 0 Å². The monoisotopic (exact) mass is 468 g/mol. The van der Waals surface area contributed by atoms with Crippen LogP contribution in [0.1, 0.15) is 21.5 Å². The third-order valence-electron chi connectivity index (χ3n) is 4.85. The lowest BCUT2D eigenvalue weighted by Gasteiger charge is -2.12. The minimum absolute atomic E-state index is 0.0468. The maximum atomic E-state index is 12.7. The summed E-state index contributed by atoms with van der Waals surface area (Å²) in [5.74, 6) is -0.423. The third-order valence-corrected chi connectivity index (χ3v) is 6.23. The highest BCUT2D eigenvalue weighted by atomic mass is 32.2. The Labute approximate surface area is 192 Å². The summed E-state index contributed by atoms with van der Waals surface area (Å²) >= 11 is 0. The van der Waals surface area contributed by atoms with E-state index in [1.54, 1.807) is 37.3 Å². The number of hydrogen-bond acceptors (Lipinski definition) is 6. The van der Waals surface area contributed by atoms with Crippen molar-refractivity contribution in [1.29, 1.82) is 0 Å². The van der Waals surface area contributed by atoms with Gasteiger partial charge < -0.3 is 14.8 Å². The van der Waals surface area contributed by atoms with Crippen LogP contribution in [-0.2, 0) is 19.6 Å². The average Bonchev–Trinajstić information content (AvgIpc) is 2.80. The van der Waals surface area contributed by atoms with E-state index in [9.17, 15) is 18.0 Å². The van der Waals surface area contributed by atoms with Gasteiger partial charge in [-0.15, -0.1) is 0 Å². The quantitative estimate of drug-likeness (QED) is 0.485. The first kappa shape index (κ1) is 23.8. The fourth-order valence-electron chi connectivity index (χ4n) is 2.94. The zero-order valence-corrected chi connectivity index (χ0v) is 19.2. The molecule has 0 radical (unpaired) electrons. The molecule has 0 unspecified atom stereocenters. The Kier molecular flexibility index (Phi) is 7.34. The van der Waals surface area contributed by atoms with Crippen LogP contribution < -0.4 is 14.8 Å². The number of benzene rings is 3. The number of ether oxygens (including phenoxy) is 2. The molecule has 0 bridgehead atoms. The molecule has 0 saturated carbocycles. The van der Waals surface area contributed by atoms with Crippen LogP contribution in [0.15, 0.2) is 71.6 Å². The molecule has 0 heterocycles. The van der Waals surface area contributed by atoms with Crippen LogP contribution in [0, 0.1) is 13.8 Å². The largest absolute Gasteiger partial charge is 0.482 e. The molecule has 0 aliphatic heterocycles. The van der Waals surface area contributed by atoms with E-state index < -0.39 is 21.9 Å². The Morgan fingerprint density at radius 1 is 0.879 bits per heavy atom. The van der Waals surface area contributed by atoms with Crippen LogP contribution in [0.3, 0.4) is 0 Å². The molecule has 1 amide bonds. The molecule has 33 heavy (non-hydrogen) atoms. The number of esters is 1. The molecule has 0 aliphatic carbocycles. The first-order chi connectivity index (χ1) is 15.7. The molecule has 0 fully saturated rings. The summed E-state index contributed by atoms with van der Waals surface area (Å²) in [5, 5.41) is 2.78. The SMILES string of the molecule is COC(=O)COc1ccc(NC(=O)c2ccc(S(=O)(=O)Nc3ccccc3C)cc2)c(C)c1. The number of sulfonamides is 1. The van der Waals surface area contributed by atoms with Crippen LogP contribution in [0.4, 0.5) is 11.4 Å². The summed E-state index contributed by atoms with van der Waals surface area (Å²) < 4.78 is 37.7. The Morgan fingerprint density at radius 3 is 2.21 bits per heavy atom. The molecule has 0 aliphatic rings. The zero-order valence-electron chi connectivity index (χ0n) is 18.4. The Hall–Kier alpha value is -3.85. The summed E-state index contributed by atoms with van der Waals surface area (Å²) in [5.41, 5.74) is 2.88. The van der Waals surface area contributed by atoms with Gasteiger partial charge in [0.05, 0.1) is 17.7 Å². The maximum Gasteiger partial charge on any atom is 0.343 e. The van der Waals surface area contributed by atoms with Crippen molar-refractivity contribution in [2.45, 2.75) is 18.7 Å². The van der Waals surface area contributed by atoms with E-state index in [4.69, 9.17) is 4.74 Å². The van der Waals surface area contributed by atoms with E-state index >= 15 is 0 Å². The van der Waals surface area contributed by atoms with Crippen LogP contribution in [0.2, 0.25) is 0 Å². The first-order valence-corrected chi connectivity index (χ1v) is 11.5. The van der Waals surface area contributed by atoms with Gasteiger partial charge in [-0.1, -0.05) is 18.2 Å². The third kappa shape index (κ3) is 6.11. The lowest BCUT2D eigenvalue weighted by atomic mass is 10.1. The van der Waals surface area contributed by atoms with E-state index in [0.717, 1.165) is 11.1 Å². The highest BCUT2D eigenvalue weighted by Gasteiger charge is 2.16. The number of rotatable bonds is 8. The number of para-hydroxylation sites is 1. The van der Waals surface area contributed by atoms with E-state index in [2.05, 4.69) is 14.8 Å². The summed E-state index contributed by atoms with van der Waals surface area (Å²) in [4.78, 5) is 23.9. The molecule has 0 spiro atoms. The zero-order chi connectivity index (χ0) is 24.0. The molecule has 3 rings (SSSR count). The number of hydrogen-bond donors (Lipinski definition) is 2. The van der Waals surface area contributed by atoms with Crippen LogP contribution in [0.25, 0.3) is 0 Å². The number of nitrogens with one attached hydrogen (secondary N) is 2. The second-order valence-corrected chi connectivity index (χ2v) is 8.92. The van der Waals surface area contributed by atoms with Crippen molar-refractivity contribution in [3.63, 3.8) is 0 Å². The van der Waals surface area contributed by atoms with Crippen molar-refractivity contribution >= 4 is 33.3 Å². The fraction of sp³-hybridized carbons (Fsp3) is 0.167. The van der Waals surface area contributed by atoms with Gasteiger partial charge in [0, 0.05) is 11.3 Å². The second kappa shape index (κ2) is 10.2. The smallest absolute Gasteiger partial charge is 0.343 e. The van der Waals surface area contributed by atoms with Gasteiger partial charge in [-0.25, -0.2) is 13.2 Å². The number of amides is 1. The fourth-order valence-corrected chi connectivity index (χ4v) is 4.07. The van der Waals surface area contributed by atoms with Gasteiger partial charge in [0.25, 0.3) is 15.9 Å². The van der Waals surface area contributed by atoms with Gasteiger partial charge >= 0.3 is 5.97 Å². The number of carbonyl (C=O) groups is 2. The molecule has 9 heteroatoms. The number of anilines is 2. The van der Waals surface area contributed by atoms with Crippen molar-refractivity contribution < 1.29 is 27.5 Å². The molecule has 3 aromatic rings. The molecule has 2 N–H and O–H groups in total. The Morgan fingerprint density at radius 2 is 1.58 bits per heavy atom. The number of aryl methyl sites for hydroxylation is 2. The highest BCUT2D eigenvalue weighted by molar-refractivity contribution is 7.92. The van der Waals surface area contributed by atoms with Crippen LogP contribution in [0.5, 0.6) is 5.75 Å². The molecule has 8 nitrogen and oxygen atoms in total. The molecule has 0 aromatic heterocycles. The van der Waals surface area contributed by atoms with E-state index in [0.29, 0.717) is 22.7 Å². The van der Waals surface area contributed by atoms with E-state index in [1.807, 2.05) is 19.1 Å². The normalized spacial score (nSPS) is 10.9. The lowest BCUT2D eigenvalue weighted by Crippen LogP contribution is -2.15. The summed E-state index contributed by atoms with van der Waals surface area (Å²) in [6.45, 7) is 3.38. The van der Waals surface area contributed by atoms with E-state index in [-0.39, 0.29) is 11.5 Å². The first-order valence-electron chi connectivity index (χ1n) is 10.00. The van der Waals surface area contributed by atoms with Gasteiger partial charge in [0.15, 0.2) is 6.61 Å². The number of carbonyl (C=O) groups excluding carboxylic acids is 2. The van der Waals surface area contributed by atoms with Gasteiger partial charge in [0.1, 0.15) is 5.75 Å². The van der Waals surface area contributed by atoms with Crippen molar-refractivity contribution in [1.82, 2.24) is 0 Å². The predicted octanol–water partition coefficient (Wildman–Crippen LogP) is 3.91. The van der Waals surface area contributed by atoms with Gasteiger partial charge in [-0.05, 0) is 73.5 Å². The lowest BCUT2D eigenvalue weighted by molar-refractivity contribution is -0.142. The minimum Gasteiger partial charge on any atom is -0.482 e. The van der Waals surface area contributed by atoms with Crippen molar-refractivity contribution in [3.8, 4) is 5.75 Å². The maximum absolute atomic E-state index is 12.7. The summed E-state index contributed by atoms with van der Waals surface area (Å²) in [6.07, 6.45) is 0. The van der Waals surface area contributed by atoms with Gasteiger partial charge in [0.2, 0.25) is 0 Å². The Bertz CT molecular complexity index is 1270. The molecular formula is C24H24N2O6S. The van der Waals surface area contributed by atoms with Crippen molar-refractivity contribution in [2.75, 3.05) is 23.8 Å². The summed E-state index contributed by atoms with van der Waals surface area (Å²) in [7, 11) is -2.51. The van der Waals surface area contributed by atoms with Crippen LogP contribution in [-0.4, -0.2) is 34.0 Å². The molecule has 3 aromatic carbocycles. The molecular weight excluding hydrogens is 444 g/mol. The van der Waals surface area contributed by atoms with Gasteiger partial charge in [-0.2, -0.15) is 0 Å². The topological polar surface area (TPSA) is 111 Å². The Balaban J connectivity index is 1.68. The summed E-state index contributed by atoms with van der Waals surface area (Å²) in [6, 6.07) is 17.7.